The van der Waals surface area contributed by atoms with E-state index in [0.717, 1.165) is 29.5 Å². The molecule has 6 nitrogen and oxygen atoms in total. The summed E-state index contributed by atoms with van der Waals surface area (Å²) in [4.78, 5) is 17.2. The van der Waals surface area contributed by atoms with E-state index >= 15 is 0 Å². The molecule has 1 aromatic carbocycles. The summed E-state index contributed by atoms with van der Waals surface area (Å²) in [5, 5.41) is 15.1. The van der Waals surface area contributed by atoms with Crippen molar-refractivity contribution in [1.29, 1.82) is 0 Å². The number of thiazole rings is 1. The van der Waals surface area contributed by atoms with Crippen molar-refractivity contribution in [3.63, 3.8) is 0 Å². The molecule has 0 amide bonds. The molecule has 1 aliphatic heterocycles. The molecule has 2 heterocycles. The summed E-state index contributed by atoms with van der Waals surface area (Å²) in [7, 11) is 0. The molecule has 1 aliphatic rings. The number of halogens is 1. The largest absolute Gasteiger partial charge is 0.343 e. The molecule has 1 saturated heterocycles. The highest BCUT2D eigenvalue weighted by molar-refractivity contribution is 7.22. The fourth-order valence-corrected chi connectivity index (χ4v) is 3.34. The monoisotopic (exact) mass is 314 g/mol. The topological polar surface area (TPSA) is 71.3 Å². The number of benzene rings is 1. The third kappa shape index (κ3) is 2.70. The van der Waals surface area contributed by atoms with Gasteiger partial charge in [-0.15, -0.1) is 12.4 Å². The Bertz CT molecular complexity index is 633. The summed E-state index contributed by atoms with van der Waals surface area (Å²) < 4.78 is 0.992. The minimum Gasteiger partial charge on any atom is -0.343 e. The van der Waals surface area contributed by atoms with Crippen LogP contribution in [0, 0.1) is 10.1 Å². The van der Waals surface area contributed by atoms with E-state index in [1.54, 1.807) is 23.5 Å². The molecule has 0 spiro atoms. The molecule has 1 N–H and O–H groups in total. The Morgan fingerprint density at radius 3 is 3.05 bits per heavy atom. The molecular weight excluding hydrogens is 300 g/mol. The molecule has 0 saturated carbocycles. The average molecular weight is 315 g/mol. The second-order valence-corrected chi connectivity index (χ2v) is 5.66. The van der Waals surface area contributed by atoms with Crippen LogP contribution in [-0.2, 0) is 0 Å². The Morgan fingerprint density at radius 1 is 1.55 bits per heavy atom. The third-order valence-corrected chi connectivity index (χ3v) is 4.39. The highest BCUT2D eigenvalue weighted by Crippen LogP contribution is 2.32. The van der Waals surface area contributed by atoms with Gasteiger partial charge in [0.1, 0.15) is 0 Å². The quantitative estimate of drug-likeness (QED) is 0.681. The molecule has 1 unspecified atom stereocenters. The van der Waals surface area contributed by atoms with Crippen LogP contribution in [0.4, 0.5) is 10.8 Å². The molecule has 1 aromatic heterocycles. The first-order chi connectivity index (χ1) is 9.15. The van der Waals surface area contributed by atoms with Crippen LogP contribution in [0.5, 0.6) is 0 Å². The summed E-state index contributed by atoms with van der Waals surface area (Å²) in [6.45, 7) is 4.96. The molecule has 2 aromatic rings. The van der Waals surface area contributed by atoms with Crippen LogP contribution in [0.25, 0.3) is 10.2 Å². The predicted molar refractivity (Wildman–Crippen MR) is 83.2 cm³/mol. The zero-order valence-electron chi connectivity index (χ0n) is 10.9. The summed E-state index contributed by atoms with van der Waals surface area (Å²) in [6.07, 6.45) is 0. The highest BCUT2D eigenvalue weighted by atomic mass is 35.5. The maximum Gasteiger partial charge on any atom is 0.271 e. The van der Waals surface area contributed by atoms with Crippen LogP contribution < -0.4 is 10.2 Å². The van der Waals surface area contributed by atoms with Gasteiger partial charge in [0, 0.05) is 37.8 Å². The van der Waals surface area contributed by atoms with Crippen LogP contribution in [-0.4, -0.2) is 35.6 Å². The first-order valence-corrected chi connectivity index (χ1v) is 6.99. The number of piperazine rings is 1. The molecular formula is C12H15ClN4O2S. The molecule has 0 radical (unpaired) electrons. The maximum absolute atomic E-state index is 10.8. The zero-order valence-corrected chi connectivity index (χ0v) is 12.5. The van der Waals surface area contributed by atoms with Gasteiger partial charge in [0.2, 0.25) is 0 Å². The van der Waals surface area contributed by atoms with Crippen molar-refractivity contribution in [1.82, 2.24) is 10.3 Å². The highest BCUT2D eigenvalue weighted by Gasteiger charge is 2.21. The van der Waals surface area contributed by atoms with Crippen LogP contribution in [0.2, 0.25) is 0 Å². The van der Waals surface area contributed by atoms with Crippen molar-refractivity contribution < 1.29 is 4.92 Å². The number of nitro benzene ring substituents is 1. The lowest BCUT2D eigenvalue weighted by molar-refractivity contribution is -0.384. The number of rotatable bonds is 2. The van der Waals surface area contributed by atoms with E-state index < -0.39 is 0 Å². The maximum atomic E-state index is 10.8. The first kappa shape index (κ1) is 15.0. The number of nitrogens with zero attached hydrogens (tertiary/aromatic N) is 3. The Kier molecular flexibility index (Phi) is 4.42. The van der Waals surface area contributed by atoms with E-state index in [-0.39, 0.29) is 23.0 Å². The van der Waals surface area contributed by atoms with E-state index in [4.69, 9.17) is 0 Å². The van der Waals surface area contributed by atoms with E-state index in [9.17, 15) is 10.1 Å². The summed E-state index contributed by atoms with van der Waals surface area (Å²) >= 11 is 1.59. The Labute approximate surface area is 126 Å². The van der Waals surface area contributed by atoms with E-state index in [1.807, 2.05) is 0 Å². The molecule has 20 heavy (non-hydrogen) atoms. The van der Waals surface area contributed by atoms with Crippen molar-refractivity contribution in [3.05, 3.63) is 28.3 Å². The fraction of sp³-hybridized carbons (Fsp3) is 0.417. The second-order valence-electron chi connectivity index (χ2n) is 4.65. The summed E-state index contributed by atoms with van der Waals surface area (Å²) in [6, 6.07) is 5.25. The number of hydrogen-bond donors (Lipinski definition) is 1. The van der Waals surface area contributed by atoms with E-state index in [2.05, 4.69) is 22.1 Å². The van der Waals surface area contributed by atoms with Crippen LogP contribution in [0.1, 0.15) is 6.92 Å². The Morgan fingerprint density at radius 2 is 2.35 bits per heavy atom. The SMILES string of the molecule is CC1CNCCN1c1nc2cc([N+](=O)[O-])ccc2s1.Cl. The third-order valence-electron chi connectivity index (χ3n) is 3.32. The first-order valence-electron chi connectivity index (χ1n) is 6.17. The van der Waals surface area contributed by atoms with Gasteiger partial charge in [0.15, 0.2) is 5.13 Å². The zero-order chi connectivity index (χ0) is 13.4. The van der Waals surface area contributed by atoms with E-state index in [1.165, 1.54) is 6.07 Å². The van der Waals surface area contributed by atoms with Crippen molar-refractivity contribution in [2.75, 3.05) is 24.5 Å². The molecule has 1 atom stereocenters. The van der Waals surface area contributed by atoms with Gasteiger partial charge >= 0.3 is 0 Å². The van der Waals surface area contributed by atoms with Crippen LogP contribution in [0.3, 0.4) is 0 Å². The number of aromatic nitrogens is 1. The van der Waals surface area contributed by atoms with Crippen molar-refractivity contribution >= 4 is 44.8 Å². The molecule has 108 valence electrons. The van der Waals surface area contributed by atoms with Gasteiger partial charge in [-0.3, -0.25) is 10.1 Å². The standard InChI is InChI=1S/C12H14N4O2S.ClH/c1-8-7-13-4-5-15(8)12-14-10-6-9(16(17)18)2-3-11(10)19-12;/h2-3,6,8,13H,4-5,7H2,1H3;1H. The molecule has 8 heteroatoms. The van der Waals surface area contributed by atoms with Gasteiger partial charge in [-0.1, -0.05) is 11.3 Å². The lowest BCUT2D eigenvalue weighted by Crippen LogP contribution is -2.49. The van der Waals surface area contributed by atoms with Gasteiger partial charge in [-0.25, -0.2) is 4.98 Å². The minimum absolute atomic E-state index is 0. The summed E-state index contributed by atoms with van der Waals surface area (Å²) in [5.74, 6) is 0. The van der Waals surface area contributed by atoms with Crippen LogP contribution in [0.15, 0.2) is 18.2 Å². The summed E-state index contributed by atoms with van der Waals surface area (Å²) in [5.41, 5.74) is 0.803. The smallest absolute Gasteiger partial charge is 0.271 e. The molecule has 0 aliphatic carbocycles. The number of fused-ring (bicyclic) bond motifs is 1. The predicted octanol–water partition coefficient (Wildman–Crippen LogP) is 2.42. The normalized spacial score (nSPS) is 18.9. The van der Waals surface area contributed by atoms with Gasteiger partial charge in [0.05, 0.1) is 15.1 Å². The number of non-ortho nitro benzene ring substituents is 1. The number of hydrogen-bond acceptors (Lipinski definition) is 6. The fourth-order valence-electron chi connectivity index (χ4n) is 2.27. The Balaban J connectivity index is 0.00000147. The minimum atomic E-state index is -0.383. The lowest BCUT2D eigenvalue weighted by atomic mass is 10.2. The van der Waals surface area contributed by atoms with Crippen molar-refractivity contribution in [3.8, 4) is 0 Å². The number of anilines is 1. The number of nitrogens with one attached hydrogen (secondary N) is 1. The van der Waals surface area contributed by atoms with Crippen molar-refractivity contribution in [2.45, 2.75) is 13.0 Å². The van der Waals surface area contributed by atoms with Crippen LogP contribution >= 0.6 is 23.7 Å². The van der Waals surface area contributed by atoms with Gasteiger partial charge in [-0.05, 0) is 13.0 Å². The van der Waals surface area contributed by atoms with Gasteiger partial charge in [0.25, 0.3) is 5.69 Å². The van der Waals surface area contributed by atoms with Gasteiger partial charge in [-0.2, -0.15) is 0 Å². The second kappa shape index (κ2) is 5.90. The number of nitro groups is 1. The average Bonchev–Trinajstić information content (AvgIpc) is 2.81. The molecule has 3 rings (SSSR count). The van der Waals surface area contributed by atoms with Gasteiger partial charge < -0.3 is 10.2 Å². The van der Waals surface area contributed by atoms with E-state index in [0.29, 0.717) is 11.6 Å². The lowest BCUT2D eigenvalue weighted by Gasteiger charge is -2.33. The Hall–Kier alpha value is -1.44. The van der Waals surface area contributed by atoms with Crippen molar-refractivity contribution in [2.24, 2.45) is 0 Å². The molecule has 1 fully saturated rings. The molecule has 0 bridgehead atoms.